The van der Waals surface area contributed by atoms with Crippen molar-refractivity contribution >= 4 is 44.4 Å². The number of aromatic nitrogens is 1. The zero-order chi connectivity index (χ0) is 21.7. The van der Waals surface area contributed by atoms with Crippen LogP contribution in [0.1, 0.15) is 12.0 Å². The number of carbonyl (C=O) groups is 1. The quantitative estimate of drug-likeness (QED) is 0.303. The average molecular weight is 428 g/mol. The van der Waals surface area contributed by atoms with E-state index in [0.717, 1.165) is 13.0 Å². The molecule has 0 radical (unpaired) electrons. The molecule has 0 aliphatic carbocycles. The largest absolute Gasteiger partial charge is 0.309 e. The maximum Gasteiger partial charge on any atom is 0.269 e. The fourth-order valence-corrected chi connectivity index (χ4v) is 3.84. The van der Waals surface area contributed by atoms with Crippen LogP contribution in [0.15, 0.2) is 48.5 Å². The van der Waals surface area contributed by atoms with E-state index in [1.165, 1.54) is 40.5 Å². The third-order valence-electron chi connectivity index (χ3n) is 4.36. The van der Waals surface area contributed by atoms with Gasteiger partial charge in [0.15, 0.2) is 5.13 Å². The molecule has 0 saturated heterocycles. The lowest BCUT2D eigenvalue weighted by Gasteiger charge is -2.19. The number of fused-ring (bicyclic) bond motifs is 1. The number of nitrogens with zero attached hydrogens (tertiary/aromatic N) is 4. The third kappa shape index (κ3) is 5.25. The van der Waals surface area contributed by atoms with Gasteiger partial charge in [-0.15, -0.1) is 0 Å². The normalized spacial score (nSPS) is 11.5. The van der Waals surface area contributed by atoms with E-state index < -0.39 is 10.7 Å². The first kappa shape index (κ1) is 21.5. The van der Waals surface area contributed by atoms with Gasteiger partial charge in [0.1, 0.15) is 11.3 Å². The van der Waals surface area contributed by atoms with E-state index in [2.05, 4.69) is 4.98 Å². The molecular weight excluding hydrogens is 407 g/mol. The molecule has 3 rings (SSSR count). The lowest BCUT2D eigenvalue weighted by molar-refractivity contribution is -0.384. The minimum absolute atomic E-state index is 0.0136. The van der Waals surface area contributed by atoms with Gasteiger partial charge >= 0.3 is 0 Å². The smallest absolute Gasteiger partial charge is 0.269 e. The molecule has 9 heteroatoms. The number of carbonyl (C=O) groups excluding carboxylic acids is 1. The predicted octanol–water partition coefficient (Wildman–Crippen LogP) is 4.34. The van der Waals surface area contributed by atoms with E-state index in [-0.39, 0.29) is 17.1 Å². The first-order valence-electron chi connectivity index (χ1n) is 9.29. The van der Waals surface area contributed by atoms with Crippen molar-refractivity contribution in [1.29, 1.82) is 0 Å². The van der Waals surface area contributed by atoms with Crippen molar-refractivity contribution in [2.45, 2.75) is 6.42 Å². The number of nitro benzene ring substituents is 1. The molecule has 0 bridgehead atoms. The van der Waals surface area contributed by atoms with Crippen molar-refractivity contribution < 1.29 is 14.1 Å². The van der Waals surface area contributed by atoms with Crippen LogP contribution in [0, 0.1) is 15.9 Å². The summed E-state index contributed by atoms with van der Waals surface area (Å²) in [6, 6.07) is 10.7. The SMILES string of the molecule is CN(C)CCCN(C(=O)/C=C\c1ccc([N+](=O)[O-])cc1)c1nc2c(F)cccc2s1. The highest BCUT2D eigenvalue weighted by atomic mass is 32.1. The number of hydrogen-bond acceptors (Lipinski definition) is 6. The van der Waals surface area contributed by atoms with E-state index >= 15 is 0 Å². The van der Waals surface area contributed by atoms with Crippen LogP contribution in [-0.4, -0.2) is 47.9 Å². The molecule has 1 aromatic heterocycles. The summed E-state index contributed by atoms with van der Waals surface area (Å²) in [5.41, 5.74) is 0.903. The summed E-state index contributed by atoms with van der Waals surface area (Å²) >= 11 is 1.27. The van der Waals surface area contributed by atoms with Gasteiger partial charge in [0.05, 0.1) is 9.62 Å². The lowest BCUT2D eigenvalue weighted by atomic mass is 10.2. The third-order valence-corrected chi connectivity index (χ3v) is 5.41. The molecule has 0 fully saturated rings. The highest BCUT2D eigenvalue weighted by Gasteiger charge is 2.19. The Kier molecular flexibility index (Phi) is 6.86. The van der Waals surface area contributed by atoms with Gasteiger partial charge in [0.2, 0.25) is 0 Å². The van der Waals surface area contributed by atoms with Crippen LogP contribution in [0.25, 0.3) is 16.3 Å². The Hall–Kier alpha value is -3.17. The zero-order valence-corrected chi connectivity index (χ0v) is 17.4. The Bertz CT molecular complexity index is 1080. The fraction of sp³-hybridized carbons (Fsp3) is 0.238. The van der Waals surface area contributed by atoms with E-state index in [1.54, 1.807) is 30.3 Å². The van der Waals surface area contributed by atoms with E-state index in [4.69, 9.17) is 0 Å². The maximum atomic E-state index is 14.1. The number of benzene rings is 2. The van der Waals surface area contributed by atoms with Crippen LogP contribution in [0.5, 0.6) is 0 Å². The second kappa shape index (κ2) is 9.55. The molecule has 0 spiro atoms. The number of anilines is 1. The number of rotatable bonds is 8. The first-order valence-corrected chi connectivity index (χ1v) is 10.1. The Balaban J connectivity index is 1.83. The number of hydrogen-bond donors (Lipinski definition) is 0. The zero-order valence-electron chi connectivity index (χ0n) is 16.6. The molecule has 3 aromatic rings. The highest BCUT2D eigenvalue weighted by molar-refractivity contribution is 7.22. The minimum atomic E-state index is -0.475. The lowest BCUT2D eigenvalue weighted by Crippen LogP contribution is -2.32. The predicted molar refractivity (Wildman–Crippen MR) is 117 cm³/mol. The number of thiazole rings is 1. The number of halogens is 1. The van der Waals surface area contributed by atoms with Crippen LogP contribution >= 0.6 is 11.3 Å². The van der Waals surface area contributed by atoms with Gasteiger partial charge in [-0.1, -0.05) is 17.4 Å². The second-order valence-corrected chi connectivity index (χ2v) is 7.92. The Morgan fingerprint density at radius 1 is 1.20 bits per heavy atom. The molecule has 0 saturated carbocycles. The molecule has 0 atom stereocenters. The molecule has 0 N–H and O–H groups in total. The first-order chi connectivity index (χ1) is 14.3. The molecule has 2 aromatic carbocycles. The highest BCUT2D eigenvalue weighted by Crippen LogP contribution is 2.30. The number of amides is 1. The van der Waals surface area contributed by atoms with E-state index in [9.17, 15) is 19.3 Å². The Morgan fingerprint density at radius 3 is 2.57 bits per heavy atom. The molecule has 7 nitrogen and oxygen atoms in total. The van der Waals surface area contributed by atoms with Crippen molar-refractivity contribution in [1.82, 2.24) is 9.88 Å². The van der Waals surface area contributed by atoms with Crippen LogP contribution < -0.4 is 4.90 Å². The molecular formula is C21H21FN4O3S. The Labute approximate surface area is 177 Å². The van der Waals surface area contributed by atoms with Crippen molar-refractivity contribution in [2.24, 2.45) is 0 Å². The number of para-hydroxylation sites is 1. The summed E-state index contributed by atoms with van der Waals surface area (Å²) in [4.78, 5) is 31.1. The van der Waals surface area contributed by atoms with Gasteiger partial charge in [0, 0.05) is 24.8 Å². The van der Waals surface area contributed by atoms with Crippen LogP contribution in [-0.2, 0) is 4.79 Å². The molecule has 0 aliphatic heterocycles. The molecule has 156 valence electrons. The van der Waals surface area contributed by atoms with Crippen molar-refractivity contribution in [3.8, 4) is 0 Å². The summed E-state index contributed by atoms with van der Waals surface area (Å²) in [6.45, 7) is 1.22. The van der Waals surface area contributed by atoms with E-state index in [1.807, 2.05) is 19.0 Å². The minimum Gasteiger partial charge on any atom is -0.309 e. The van der Waals surface area contributed by atoms with Crippen LogP contribution in [0.2, 0.25) is 0 Å². The van der Waals surface area contributed by atoms with Crippen LogP contribution in [0.3, 0.4) is 0 Å². The maximum absolute atomic E-state index is 14.1. The summed E-state index contributed by atoms with van der Waals surface area (Å²) in [5.74, 6) is -0.705. The molecule has 0 unspecified atom stereocenters. The molecule has 30 heavy (non-hydrogen) atoms. The standard InChI is InChI=1S/C21H21FN4O3S/c1-24(2)13-4-14-25(21-23-20-17(22)5-3-6-18(20)30-21)19(27)12-9-15-7-10-16(11-8-15)26(28)29/h3,5-12H,4,13-14H2,1-2H3/b12-9-. The summed E-state index contributed by atoms with van der Waals surface area (Å²) < 4.78 is 14.7. The van der Waals surface area contributed by atoms with Crippen molar-refractivity contribution in [2.75, 3.05) is 32.1 Å². The number of non-ortho nitro benzene ring substituents is 1. The van der Waals surface area contributed by atoms with Gasteiger partial charge in [-0.2, -0.15) is 0 Å². The Morgan fingerprint density at radius 2 is 1.93 bits per heavy atom. The summed E-state index contributed by atoms with van der Waals surface area (Å²) in [6.07, 6.45) is 3.72. The van der Waals surface area contributed by atoms with Gasteiger partial charge in [-0.25, -0.2) is 9.37 Å². The molecule has 0 aliphatic rings. The van der Waals surface area contributed by atoms with Gasteiger partial charge in [0.25, 0.3) is 11.6 Å². The van der Waals surface area contributed by atoms with Gasteiger partial charge in [-0.05, 0) is 63.0 Å². The van der Waals surface area contributed by atoms with Gasteiger partial charge < -0.3 is 4.90 Å². The molecule has 1 heterocycles. The van der Waals surface area contributed by atoms with Crippen molar-refractivity contribution in [3.05, 3.63) is 70.0 Å². The monoisotopic (exact) mass is 428 g/mol. The second-order valence-electron chi connectivity index (χ2n) is 6.91. The van der Waals surface area contributed by atoms with E-state index in [0.29, 0.717) is 21.9 Å². The summed E-state index contributed by atoms with van der Waals surface area (Å²) in [5, 5.41) is 11.2. The summed E-state index contributed by atoms with van der Waals surface area (Å²) in [7, 11) is 3.90. The van der Waals surface area contributed by atoms with Gasteiger partial charge in [-0.3, -0.25) is 19.8 Å². The number of nitro groups is 1. The molecule has 1 amide bonds. The fourth-order valence-electron chi connectivity index (χ4n) is 2.83. The average Bonchev–Trinajstić information content (AvgIpc) is 3.15. The van der Waals surface area contributed by atoms with Crippen molar-refractivity contribution in [3.63, 3.8) is 0 Å². The topological polar surface area (TPSA) is 79.6 Å². The van der Waals surface area contributed by atoms with Crippen LogP contribution in [0.4, 0.5) is 15.2 Å².